The molecule has 0 bridgehead atoms. The third kappa shape index (κ3) is 1.75. The molecule has 3 aromatic rings. The highest BCUT2D eigenvalue weighted by Gasteiger charge is 2.26. The Balaban J connectivity index is 1.75. The Hall–Kier alpha value is -1.81. The average Bonchev–Trinajstić information content (AvgIpc) is 3.02. The first-order valence-electron chi connectivity index (χ1n) is 6.20. The van der Waals surface area contributed by atoms with E-state index in [-0.39, 0.29) is 6.04 Å². The normalized spacial score (nSPS) is 17.4. The average molecular weight is 315 g/mol. The monoisotopic (exact) mass is 314 g/mol. The first-order valence-corrected chi connectivity index (χ1v) is 7.00. The molecule has 19 heavy (non-hydrogen) atoms. The van der Waals surface area contributed by atoms with Crippen LogP contribution in [0.1, 0.15) is 17.5 Å². The number of rotatable bonds is 1. The third-order valence-corrected chi connectivity index (χ3v) is 4.08. The highest BCUT2D eigenvalue weighted by molar-refractivity contribution is 9.10. The van der Waals surface area contributed by atoms with Crippen molar-refractivity contribution in [2.75, 3.05) is 5.32 Å². The lowest BCUT2D eigenvalue weighted by molar-refractivity contribution is 0.496. The fourth-order valence-electron chi connectivity index (χ4n) is 2.53. The second-order valence-electron chi connectivity index (χ2n) is 4.70. The van der Waals surface area contributed by atoms with Crippen LogP contribution in [0.5, 0.6) is 0 Å². The predicted octanol–water partition coefficient (Wildman–Crippen LogP) is 4.30. The predicted molar refractivity (Wildman–Crippen MR) is 78.2 cm³/mol. The molecular formula is C15H11BrN2O. The van der Waals surface area contributed by atoms with E-state index in [0.717, 1.165) is 27.9 Å². The highest BCUT2D eigenvalue weighted by Crippen LogP contribution is 2.35. The van der Waals surface area contributed by atoms with Gasteiger partial charge in [0.05, 0.1) is 4.47 Å². The van der Waals surface area contributed by atoms with Gasteiger partial charge in [-0.3, -0.25) is 0 Å². The fraction of sp³-hybridized carbons (Fsp3) is 0.133. The minimum absolute atomic E-state index is 0.122. The zero-order valence-corrected chi connectivity index (χ0v) is 11.6. The van der Waals surface area contributed by atoms with Crippen molar-refractivity contribution < 1.29 is 4.42 Å². The van der Waals surface area contributed by atoms with Crippen molar-refractivity contribution in [1.82, 2.24) is 4.98 Å². The summed E-state index contributed by atoms with van der Waals surface area (Å²) in [5, 5.41) is 3.46. The van der Waals surface area contributed by atoms with Crippen LogP contribution in [0.25, 0.3) is 11.1 Å². The second-order valence-corrected chi connectivity index (χ2v) is 5.55. The summed E-state index contributed by atoms with van der Waals surface area (Å²) in [7, 11) is 0. The maximum Gasteiger partial charge on any atom is 0.218 e. The van der Waals surface area contributed by atoms with Gasteiger partial charge in [0.1, 0.15) is 11.6 Å². The number of hydrogen-bond acceptors (Lipinski definition) is 3. The molecule has 0 radical (unpaired) electrons. The van der Waals surface area contributed by atoms with Crippen LogP contribution in [-0.4, -0.2) is 4.98 Å². The molecule has 94 valence electrons. The summed E-state index contributed by atoms with van der Waals surface area (Å²) in [5.41, 5.74) is 4.19. The molecular weight excluding hydrogens is 304 g/mol. The van der Waals surface area contributed by atoms with E-state index >= 15 is 0 Å². The molecule has 0 saturated heterocycles. The van der Waals surface area contributed by atoms with Gasteiger partial charge in [-0.05, 0) is 39.7 Å². The van der Waals surface area contributed by atoms with Gasteiger partial charge in [-0.25, -0.2) is 4.98 Å². The largest absolute Gasteiger partial charge is 0.437 e. The van der Waals surface area contributed by atoms with Crippen molar-refractivity contribution in [1.29, 1.82) is 0 Å². The van der Waals surface area contributed by atoms with Gasteiger partial charge < -0.3 is 9.73 Å². The highest BCUT2D eigenvalue weighted by atomic mass is 79.9. The Morgan fingerprint density at radius 3 is 2.89 bits per heavy atom. The Morgan fingerprint density at radius 1 is 1.16 bits per heavy atom. The van der Waals surface area contributed by atoms with E-state index in [1.54, 1.807) is 0 Å². The van der Waals surface area contributed by atoms with E-state index in [4.69, 9.17) is 4.42 Å². The first kappa shape index (κ1) is 11.1. The summed E-state index contributed by atoms with van der Waals surface area (Å²) in [6.07, 6.45) is 0.917. The van der Waals surface area contributed by atoms with Crippen LogP contribution in [0.15, 0.2) is 51.4 Å². The Kier molecular flexibility index (Phi) is 2.38. The van der Waals surface area contributed by atoms with Crippen molar-refractivity contribution in [3.8, 4) is 0 Å². The molecule has 0 aliphatic carbocycles. The van der Waals surface area contributed by atoms with Crippen LogP contribution in [0.3, 0.4) is 0 Å². The number of hydrogen-bond donors (Lipinski definition) is 1. The van der Waals surface area contributed by atoms with Gasteiger partial charge in [-0.15, -0.1) is 0 Å². The summed E-state index contributed by atoms with van der Waals surface area (Å²) >= 11 is 3.49. The van der Waals surface area contributed by atoms with Crippen LogP contribution in [0.4, 0.5) is 5.69 Å². The number of oxazole rings is 1. The van der Waals surface area contributed by atoms with Crippen molar-refractivity contribution in [3.05, 3.63) is 58.4 Å². The quantitative estimate of drug-likeness (QED) is 0.727. The van der Waals surface area contributed by atoms with Gasteiger partial charge in [0.2, 0.25) is 5.89 Å². The van der Waals surface area contributed by atoms with Crippen molar-refractivity contribution in [2.45, 2.75) is 12.5 Å². The molecule has 4 heteroatoms. The second kappa shape index (κ2) is 4.10. The molecule has 0 spiro atoms. The van der Waals surface area contributed by atoms with E-state index in [0.29, 0.717) is 0 Å². The number of nitrogens with zero attached hydrogens (tertiary/aromatic N) is 1. The zero-order chi connectivity index (χ0) is 12.8. The van der Waals surface area contributed by atoms with Gasteiger partial charge >= 0.3 is 0 Å². The van der Waals surface area contributed by atoms with Crippen LogP contribution in [-0.2, 0) is 6.42 Å². The molecule has 2 heterocycles. The van der Waals surface area contributed by atoms with E-state index in [9.17, 15) is 0 Å². The maximum atomic E-state index is 5.89. The van der Waals surface area contributed by atoms with E-state index < -0.39 is 0 Å². The number of benzene rings is 2. The SMILES string of the molecule is Brc1cccc2nc(C3Cc4ccccc4N3)oc12. The van der Waals surface area contributed by atoms with E-state index in [1.165, 1.54) is 11.3 Å². The summed E-state index contributed by atoms with van der Waals surface area (Å²) < 4.78 is 6.84. The molecule has 1 aliphatic heterocycles. The Bertz CT molecular complexity index is 741. The van der Waals surface area contributed by atoms with Crippen molar-refractivity contribution in [2.24, 2.45) is 0 Å². The lowest BCUT2D eigenvalue weighted by Crippen LogP contribution is -2.05. The molecule has 4 rings (SSSR count). The molecule has 1 N–H and O–H groups in total. The van der Waals surface area contributed by atoms with Crippen LogP contribution in [0, 0.1) is 0 Å². The first-order chi connectivity index (χ1) is 9.31. The number of aromatic nitrogens is 1. The molecule has 0 saturated carbocycles. The lowest BCUT2D eigenvalue weighted by Gasteiger charge is -2.05. The molecule has 1 unspecified atom stereocenters. The number of nitrogens with one attached hydrogen (secondary N) is 1. The van der Waals surface area contributed by atoms with Crippen LogP contribution in [0.2, 0.25) is 0 Å². The Morgan fingerprint density at radius 2 is 2.05 bits per heavy atom. The van der Waals surface area contributed by atoms with Crippen molar-refractivity contribution in [3.63, 3.8) is 0 Å². The van der Waals surface area contributed by atoms with Gasteiger partial charge in [-0.1, -0.05) is 24.3 Å². The molecule has 0 amide bonds. The zero-order valence-electron chi connectivity index (χ0n) is 10.1. The third-order valence-electron chi connectivity index (χ3n) is 3.45. The molecule has 1 atom stereocenters. The van der Waals surface area contributed by atoms with Gasteiger partial charge in [0.25, 0.3) is 0 Å². The molecule has 3 nitrogen and oxygen atoms in total. The molecule has 0 fully saturated rings. The summed E-state index contributed by atoms with van der Waals surface area (Å²) in [6, 6.07) is 14.4. The molecule has 1 aromatic heterocycles. The standard InChI is InChI=1S/C15H11BrN2O/c16-10-5-3-7-12-14(10)19-15(18-12)13-8-9-4-1-2-6-11(9)17-13/h1-7,13,17H,8H2. The summed E-state index contributed by atoms with van der Waals surface area (Å²) in [6.45, 7) is 0. The smallest absolute Gasteiger partial charge is 0.218 e. The fourth-order valence-corrected chi connectivity index (χ4v) is 2.97. The number of halogens is 1. The maximum absolute atomic E-state index is 5.89. The Labute approximate surface area is 118 Å². The lowest BCUT2D eigenvalue weighted by atomic mass is 10.1. The van der Waals surface area contributed by atoms with Crippen molar-refractivity contribution >= 4 is 32.7 Å². The van der Waals surface area contributed by atoms with Gasteiger partial charge in [0.15, 0.2) is 5.58 Å². The minimum Gasteiger partial charge on any atom is -0.437 e. The number of para-hydroxylation sites is 2. The summed E-state index contributed by atoms with van der Waals surface area (Å²) in [5.74, 6) is 0.748. The van der Waals surface area contributed by atoms with Gasteiger partial charge in [0, 0.05) is 12.1 Å². The van der Waals surface area contributed by atoms with Gasteiger partial charge in [-0.2, -0.15) is 0 Å². The molecule has 1 aliphatic rings. The van der Waals surface area contributed by atoms with Crippen LogP contribution >= 0.6 is 15.9 Å². The molecule has 2 aromatic carbocycles. The summed E-state index contributed by atoms with van der Waals surface area (Å²) in [4.78, 5) is 4.58. The van der Waals surface area contributed by atoms with Crippen LogP contribution < -0.4 is 5.32 Å². The van der Waals surface area contributed by atoms with E-state index in [2.05, 4.69) is 44.4 Å². The number of anilines is 1. The topological polar surface area (TPSA) is 38.1 Å². The number of fused-ring (bicyclic) bond motifs is 2. The minimum atomic E-state index is 0.122. The van der Waals surface area contributed by atoms with E-state index in [1.807, 2.05) is 24.3 Å².